The van der Waals surface area contributed by atoms with Crippen LogP contribution in [0.1, 0.15) is 16.7 Å². The number of nitrogens with one attached hydrogen (secondary N) is 1. The summed E-state index contributed by atoms with van der Waals surface area (Å²) < 4.78 is 0. The molecule has 0 aliphatic rings. The molecule has 126 valence electrons. The summed E-state index contributed by atoms with van der Waals surface area (Å²) in [5.41, 5.74) is 2.48. The van der Waals surface area contributed by atoms with E-state index in [0.29, 0.717) is 5.69 Å². The van der Waals surface area contributed by atoms with E-state index >= 15 is 0 Å². The van der Waals surface area contributed by atoms with Crippen LogP contribution < -0.4 is 5.32 Å². The molecule has 2 aromatic rings. The molecule has 0 bridgehead atoms. The van der Waals surface area contributed by atoms with Crippen molar-refractivity contribution in [3.63, 3.8) is 0 Å². The molecule has 0 aliphatic carbocycles. The average molecular weight is 356 g/mol. The van der Waals surface area contributed by atoms with Crippen LogP contribution >= 0.6 is 11.6 Å². The van der Waals surface area contributed by atoms with Crippen LogP contribution in [0.25, 0.3) is 6.08 Å². The predicted molar refractivity (Wildman–Crippen MR) is 96.2 cm³/mol. The number of nitriles is 1. The Kier molecular flexibility index (Phi) is 5.52. The molecule has 6 nitrogen and oxygen atoms in total. The number of non-ortho nitro benzene ring substituents is 1. The largest absolute Gasteiger partial charge is 0.321 e. The average Bonchev–Trinajstić information content (AvgIpc) is 2.57. The number of nitro benzene ring substituents is 1. The number of benzene rings is 2. The number of hydrogen-bond donors (Lipinski definition) is 1. The van der Waals surface area contributed by atoms with E-state index in [1.54, 1.807) is 18.2 Å². The Hall–Kier alpha value is -3.17. The van der Waals surface area contributed by atoms with Gasteiger partial charge in [0.05, 0.1) is 4.92 Å². The van der Waals surface area contributed by atoms with Gasteiger partial charge in [0.1, 0.15) is 11.6 Å². The van der Waals surface area contributed by atoms with Gasteiger partial charge in [-0.15, -0.1) is 0 Å². The summed E-state index contributed by atoms with van der Waals surface area (Å²) in [6.07, 6.45) is 1.23. The van der Waals surface area contributed by atoms with Gasteiger partial charge in [-0.3, -0.25) is 14.9 Å². The molecule has 1 amide bonds. The van der Waals surface area contributed by atoms with Gasteiger partial charge in [0.25, 0.3) is 11.6 Å². The first-order chi connectivity index (χ1) is 11.8. The minimum atomic E-state index is -0.617. The molecule has 1 N–H and O–H groups in total. The molecule has 0 saturated carbocycles. The molecule has 2 rings (SSSR count). The zero-order valence-electron chi connectivity index (χ0n) is 13.5. The van der Waals surface area contributed by atoms with Gasteiger partial charge in [-0.25, -0.2) is 0 Å². The third kappa shape index (κ3) is 4.43. The molecule has 0 atom stereocenters. The van der Waals surface area contributed by atoms with Crippen molar-refractivity contribution in [1.29, 1.82) is 5.26 Å². The van der Waals surface area contributed by atoms with Crippen LogP contribution in [0.4, 0.5) is 11.4 Å². The van der Waals surface area contributed by atoms with E-state index in [1.165, 1.54) is 24.3 Å². The number of nitrogens with zero attached hydrogens (tertiary/aromatic N) is 2. The first kappa shape index (κ1) is 18.2. The van der Waals surface area contributed by atoms with E-state index in [1.807, 2.05) is 19.9 Å². The topological polar surface area (TPSA) is 96.0 Å². The fraction of sp³-hybridized carbons (Fsp3) is 0.111. The molecular formula is C18H14ClN3O3. The fourth-order valence-electron chi connectivity index (χ4n) is 2.08. The van der Waals surface area contributed by atoms with Crippen molar-refractivity contribution in [2.75, 3.05) is 5.32 Å². The summed E-state index contributed by atoms with van der Waals surface area (Å²) in [7, 11) is 0. The number of carbonyl (C=O) groups is 1. The highest BCUT2D eigenvalue weighted by Crippen LogP contribution is 2.24. The molecule has 0 unspecified atom stereocenters. The maximum Gasteiger partial charge on any atom is 0.270 e. The van der Waals surface area contributed by atoms with E-state index < -0.39 is 10.8 Å². The number of nitro groups is 1. The van der Waals surface area contributed by atoms with Gasteiger partial charge in [0, 0.05) is 28.4 Å². The SMILES string of the molecule is Cc1ccc(NC(=O)/C(C#N)=C/c2cc([N+](=O)[O-])ccc2Cl)cc1C. The van der Waals surface area contributed by atoms with Gasteiger partial charge < -0.3 is 5.32 Å². The van der Waals surface area contributed by atoms with Gasteiger partial charge in [0.2, 0.25) is 0 Å². The number of halogens is 1. The summed E-state index contributed by atoms with van der Waals surface area (Å²) in [6, 6.07) is 11.0. The lowest BCUT2D eigenvalue weighted by atomic mass is 10.1. The Balaban J connectivity index is 2.32. The smallest absolute Gasteiger partial charge is 0.270 e. The normalized spacial score (nSPS) is 10.9. The Bertz CT molecular complexity index is 930. The van der Waals surface area contributed by atoms with Crippen molar-refractivity contribution in [3.05, 3.63) is 73.8 Å². The van der Waals surface area contributed by atoms with Crippen molar-refractivity contribution < 1.29 is 9.72 Å². The number of rotatable bonds is 4. The second kappa shape index (κ2) is 7.60. The van der Waals surface area contributed by atoms with Crippen LogP contribution in [0.15, 0.2) is 42.0 Å². The third-order valence-electron chi connectivity index (χ3n) is 3.62. The number of carbonyl (C=O) groups excluding carboxylic acids is 1. The molecule has 0 aliphatic heterocycles. The molecule has 25 heavy (non-hydrogen) atoms. The lowest BCUT2D eigenvalue weighted by Crippen LogP contribution is -2.13. The lowest BCUT2D eigenvalue weighted by Gasteiger charge is -2.07. The lowest BCUT2D eigenvalue weighted by molar-refractivity contribution is -0.384. The Morgan fingerprint density at radius 1 is 1.24 bits per heavy atom. The van der Waals surface area contributed by atoms with Gasteiger partial charge in [-0.1, -0.05) is 17.7 Å². The molecule has 2 aromatic carbocycles. The highest BCUT2D eigenvalue weighted by atomic mass is 35.5. The minimum absolute atomic E-state index is 0.178. The van der Waals surface area contributed by atoms with E-state index in [-0.39, 0.29) is 21.8 Å². The quantitative estimate of drug-likeness (QED) is 0.380. The Morgan fingerprint density at radius 3 is 2.56 bits per heavy atom. The zero-order chi connectivity index (χ0) is 18.6. The summed E-state index contributed by atoms with van der Waals surface area (Å²) in [4.78, 5) is 22.6. The third-order valence-corrected chi connectivity index (χ3v) is 3.96. The number of aryl methyl sites for hydroxylation is 2. The molecule has 0 fully saturated rings. The molecule has 0 aromatic heterocycles. The molecule has 7 heteroatoms. The van der Waals surface area contributed by atoms with E-state index in [2.05, 4.69) is 5.32 Å². The molecular weight excluding hydrogens is 342 g/mol. The van der Waals surface area contributed by atoms with E-state index in [4.69, 9.17) is 11.6 Å². The second-order valence-corrected chi connectivity index (χ2v) is 5.79. The van der Waals surface area contributed by atoms with Gasteiger partial charge in [0.15, 0.2) is 0 Å². The van der Waals surface area contributed by atoms with Gasteiger partial charge in [-0.05, 0) is 49.2 Å². The van der Waals surface area contributed by atoms with E-state index in [0.717, 1.165) is 11.1 Å². The van der Waals surface area contributed by atoms with E-state index in [9.17, 15) is 20.2 Å². The van der Waals surface area contributed by atoms with Crippen LogP contribution in [0.2, 0.25) is 5.02 Å². The molecule has 0 radical (unpaired) electrons. The fourth-order valence-corrected chi connectivity index (χ4v) is 2.25. The predicted octanol–water partition coefficient (Wildman–Crippen LogP) is 4.41. The number of hydrogen-bond acceptors (Lipinski definition) is 4. The summed E-state index contributed by atoms with van der Waals surface area (Å²) >= 11 is 6.00. The maximum absolute atomic E-state index is 12.3. The van der Waals surface area contributed by atoms with Crippen LogP contribution in [0.5, 0.6) is 0 Å². The zero-order valence-corrected chi connectivity index (χ0v) is 14.3. The van der Waals surface area contributed by atoms with Crippen molar-refractivity contribution in [2.45, 2.75) is 13.8 Å². The molecule has 0 heterocycles. The van der Waals surface area contributed by atoms with Crippen LogP contribution in [-0.4, -0.2) is 10.8 Å². The first-order valence-electron chi connectivity index (χ1n) is 7.26. The highest BCUT2D eigenvalue weighted by Gasteiger charge is 2.13. The van der Waals surface area contributed by atoms with Crippen LogP contribution in [0, 0.1) is 35.3 Å². The number of amides is 1. The summed E-state index contributed by atoms with van der Waals surface area (Å²) in [5.74, 6) is -0.617. The minimum Gasteiger partial charge on any atom is -0.321 e. The monoisotopic (exact) mass is 355 g/mol. The van der Waals surface area contributed by atoms with Gasteiger partial charge in [-0.2, -0.15) is 5.26 Å². The van der Waals surface area contributed by atoms with Crippen molar-refractivity contribution in [3.8, 4) is 6.07 Å². The van der Waals surface area contributed by atoms with Crippen molar-refractivity contribution in [1.82, 2.24) is 0 Å². The molecule has 0 saturated heterocycles. The first-order valence-corrected chi connectivity index (χ1v) is 7.64. The second-order valence-electron chi connectivity index (χ2n) is 5.39. The van der Waals surface area contributed by atoms with Crippen LogP contribution in [-0.2, 0) is 4.79 Å². The Morgan fingerprint density at radius 2 is 1.96 bits per heavy atom. The Labute approximate surface area is 149 Å². The summed E-state index contributed by atoms with van der Waals surface area (Å²) in [6.45, 7) is 3.86. The highest BCUT2D eigenvalue weighted by molar-refractivity contribution is 6.32. The number of anilines is 1. The molecule has 0 spiro atoms. The van der Waals surface area contributed by atoms with Crippen molar-refractivity contribution >= 4 is 35.0 Å². The van der Waals surface area contributed by atoms with Crippen LogP contribution in [0.3, 0.4) is 0 Å². The standard InChI is InChI=1S/C18H14ClN3O3/c1-11-3-4-15(7-12(11)2)21-18(23)14(10-20)8-13-9-16(22(24)25)5-6-17(13)19/h3-9H,1-2H3,(H,21,23)/b14-8+. The van der Waals surface area contributed by atoms with Gasteiger partial charge >= 0.3 is 0 Å². The maximum atomic E-state index is 12.3. The summed E-state index contributed by atoms with van der Waals surface area (Å²) in [5, 5.41) is 22.9. The van der Waals surface area contributed by atoms with Crippen molar-refractivity contribution in [2.24, 2.45) is 0 Å².